The molecule has 5 rings (SSSR count). The number of likely N-dealkylation sites (N-methyl/N-ethyl adjacent to an activating group) is 1. The molecule has 26 heavy (non-hydrogen) atoms. The van der Waals surface area contributed by atoms with Crippen molar-refractivity contribution in [3.05, 3.63) is 48.2 Å². The number of carbonyl (C=O) groups is 1. The summed E-state index contributed by atoms with van der Waals surface area (Å²) in [7, 11) is 2.19. The van der Waals surface area contributed by atoms with Crippen LogP contribution in [-0.4, -0.2) is 57.5 Å². The van der Waals surface area contributed by atoms with Gasteiger partial charge < -0.3 is 4.90 Å². The largest absolute Gasteiger partial charge is 0.349 e. The minimum absolute atomic E-state index is 0.0244. The average molecular weight is 347 g/mol. The third-order valence-electron chi connectivity index (χ3n) is 5.65. The number of aromatic nitrogens is 3. The van der Waals surface area contributed by atoms with Crippen molar-refractivity contribution in [3.8, 4) is 11.3 Å². The molecule has 2 saturated heterocycles. The summed E-state index contributed by atoms with van der Waals surface area (Å²) in [5.74, 6) is 0.904. The van der Waals surface area contributed by atoms with Crippen molar-refractivity contribution in [1.82, 2.24) is 19.5 Å². The van der Waals surface area contributed by atoms with Gasteiger partial charge in [-0.2, -0.15) is 0 Å². The van der Waals surface area contributed by atoms with E-state index in [1.807, 2.05) is 42.5 Å². The predicted molar refractivity (Wildman–Crippen MR) is 101 cm³/mol. The van der Waals surface area contributed by atoms with Crippen LogP contribution in [0.2, 0.25) is 0 Å². The van der Waals surface area contributed by atoms with Crippen LogP contribution < -0.4 is 4.90 Å². The Morgan fingerprint density at radius 2 is 1.88 bits per heavy atom. The monoisotopic (exact) mass is 347 g/mol. The van der Waals surface area contributed by atoms with Gasteiger partial charge in [-0.1, -0.05) is 30.3 Å². The van der Waals surface area contributed by atoms with E-state index in [1.165, 1.54) is 6.42 Å². The number of carbonyl (C=O) groups excluding carboxylic acids is 1. The van der Waals surface area contributed by atoms with Gasteiger partial charge in [0.15, 0.2) is 11.4 Å². The van der Waals surface area contributed by atoms with Crippen LogP contribution in [0.3, 0.4) is 0 Å². The maximum Gasteiger partial charge on any atom is 0.180 e. The molecule has 6 nitrogen and oxygen atoms in total. The molecular formula is C20H21N5O. The molecule has 0 aliphatic carbocycles. The van der Waals surface area contributed by atoms with Gasteiger partial charge in [0.05, 0.1) is 0 Å². The number of Topliss-reactive ketones (excluding diaryl/α,β-unsaturated/α-hetero) is 1. The number of fused-ring (bicyclic) bond motifs is 3. The Labute approximate surface area is 152 Å². The highest BCUT2D eigenvalue weighted by atomic mass is 16.1. The lowest BCUT2D eigenvalue weighted by Crippen LogP contribution is -2.45. The minimum Gasteiger partial charge on any atom is -0.349 e. The zero-order chi connectivity index (χ0) is 17.8. The fourth-order valence-corrected chi connectivity index (χ4v) is 4.34. The quantitative estimate of drug-likeness (QED) is 0.682. The zero-order valence-corrected chi connectivity index (χ0v) is 15.0. The SMILES string of the molecule is CC(=O)c1c(-c2ccccc2)nc2ccc(N3C[C@H]4C[C@@H]3CN4C)nn12. The van der Waals surface area contributed by atoms with Crippen LogP contribution in [0.4, 0.5) is 5.82 Å². The highest BCUT2D eigenvalue weighted by Crippen LogP contribution is 2.33. The molecule has 0 spiro atoms. The number of nitrogens with zero attached hydrogens (tertiary/aromatic N) is 5. The van der Waals surface area contributed by atoms with Crippen molar-refractivity contribution in [2.24, 2.45) is 0 Å². The topological polar surface area (TPSA) is 53.7 Å². The molecule has 2 aliphatic heterocycles. The summed E-state index contributed by atoms with van der Waals surface area (Å²) in [4.78, 5) is 21.9. The predicted octanol–water partition coefficient (Wildman–Crippen LogP) is 2.49. The Morgan fingerprint density at radius 1 is 1.08 bits per heavy atom. The Morgan fingerprint density at radius 3 is 2.54 bits per heavy atom. The van der Waals surface area contributed by atoms with Crippen LogP contribution in [0.1, 0.15) is 23.8 Å². The summed E-state index contributed by atoms with van der Waals surface area (Å²) >= 11 is 0. The van der Waals surface area contributed by atoms with Gasteiger partial charge in [-0.15, -0.1) is 5.10 Å². The van der Waals surface area contributed by atoms with Crippen LogP contribution in [0.5, 0.6) is 0 Å². The lowest BCUT2D eigenvalue weighted by molar-refractivity contribution is 0.101. The van der Waals surface area contributed by atoms with Gasteiger partial charge in [-0.25, -0.2) is 9.50 Å². The van der Waals surface area contributed by atoms with Gasteiger partial charge in [-0.05, 0) is 25.6 Å². The van der Waals surface area contributed by atoms with Gasteiger partial charge in [0.1, 0.15) is 17.2 Å². The fourth-order valence-electron chi connectivity index (χ4n) is 4.34. The second-order valence-corrected chi connectivity index (χ2v) is 7.33. The van der Waals surface area contributed by atoms with Gasteiger partial charge in [0, 0.05) is 37.7 Å². The molecule has 2 fully saturated rings. The van der Waals surface area contributed by atoms with E-state index in [0.29, 0.717) is 29.1 Å². The molecule has 4 heterocycles. The number of piperazine rings is 1. The summed E-state index contributed by atoms with van der Waals surface area (Å²) in [6.07, 6.45) is 1.19. The summed E-state index contributed by atoms with van der Waals surface area (Å²) in [6.45, 7) is 3.65. The van der Waals surface area contributed by atoms with Crippen molar-refractivity contribution in [2.75, 3.05) is 25.0 Å². The van der Waals surface area contributed by atoms with Gasteiger partial charge in [0.2, 0.25) is 0 Å². The molecule has 0 N–H and O–H groups in total. The smallest absolute Gasteiger partial charge is 0.180 e. The molecule has 2 aliphatic rings. The molecule has 6 heteroatoms. The molecule has 132 valence electrons. The number of likely N-dealkylation sites (tertiary alicyclic amines) is 1. The number of benzene rings is 1. The summed E-state index contributed by atoms with van der Waals surface area (Å²) < 4.78 is 1.72. The molecule has 2 aromatic heterocycles. The van der Waals surface area contributed by atoms with E-state index in [4.69, 9.17) is 5.10 Å². The second-order valence-electron chi connectivity index (χ2n) is 7.33. The van der Waals surface area contributed by atoms with Gasteiger partial charge >= 0.3 is 0 Å². The van der Waals surface area contributed by atoms with Crippen molar-refractivity contribution in [3.63, 3.8) is 0 Å². The third kappa shape index (κ3) is 2.25. The minimum atomic E-state index is -0.0244. The average Bonchev–Trinajstić information content (AvgIpc) is 3.32. The van der Waals surface area contributed by atoms with E-state index in [9.17, 15) is 4.79 Å². The van der Waals surface area contributed by atoms with Crippen molar-refractivity contribution in [2.45, 2.75) is 25.4 Å². The molecule has 0 radical (unpaired) electrons. The molecular weight excluding hydrogens is 326 g/mol. The van der Waals surface area contributed by atoms with Gasteiger partial charge in [-0.3, -0.25) is 9.69 Å². The highest BCUT2D eigenvalue weighted by Gasteiger charge is 2.42. The molecule has 0 unspecified atom stereocenters. The standard InChI is InChI=1S/C20H21N5O/c1-13(26)20-19(14-6-4-3-5-7-14)21-17-8-9-18(22-25(17)20)24-12-15-10-16(24)11-23(15)2/h3-9,15-16H,10-12H2,1-2H3/t15-,16-/m1/s1. The van der Waals surface area contributed by atoms with Crippen LogP contribution in [0.25, 0.3) is 16.9 Å². The number of imidazole rings is 1. The first-order valence-electron chi connectivity index (χ1n) is 9.05. The van der Waals surface area contributed by atoms with Crippen LogP contribution >= 0.6 is 0 Å². The maximum absolute atomic E-state index is 12.4. The van der Waals surface area contributed by atoms with E-state index in [2.05, 4.69) is 21.8 Å². The van der Waals surface area contributed by atoms with E-state index in [1.54, 1.807) is 11.4 Å². The number of anilines is 1. The molecule has 0 saturated carbocycles. The lowest BCUT2D eigenvalue weighted by atomic mass is 10.1. The first kappa shape index (κ1) is 15.5. The summed E-state index contributed by atoms with van der Waals surface area (Å²) in [6, 6.07) is 14.9. The first-order chi connectivity index (χ1) is 12.6. The Balaban J connectivity index is 1.62. The first-order valence-corrected chi connectivity index (χ1v) is 9.05. The molecule has 1 aromatic carbocycles. The van der Waals surface area contributed by atoms with Crippen molar-refractivity contribution >= 4 is 17.2 Å². The zero-order valence-electron chi connectivity index (χ0n) is 15.0. The van der Waals surface area contributed by atoms with E-state index < -0.39 is 0 Å². The summed E-state index contributed by atoms with van der Waals surface area (Å²) in [5.41, 5.74) is 2.89. The van der Waals surface area contributed by atoms with Crippen LogP contribution in [0, 0.1) is 0 Å². The second kappa shape index (κ2) is 5.64. The van der Waals surface area contributed by atoms with Crippen molar-refractivity contribution < 1.29 is 4.79 Å². The Kier molecular flexibility index (Phi) is 3.37. The molecule has 3 aromatic rings. The number of ketones is 1. The molecule has 2 atom stereocenters. The van der Waals surface area contributed by atoms with Crippen LogP contribution in [0.15, 0.2) is 42.5 Å². The fraction of sp³-hybridized carbons (Fsp3) is 0.350. The van der Waals surface area contributed by atoms with Gasteiger partial charge in [0.25, 0.3) is 0 Å². The molecule has 0 amide bonds. The normalized spacial score (nSPS) is 22.5. The Hall–Kier alpha value is -2.73. The third-order valence-corrected chi connectivity index (χ3v) is 5.65. The molecule has 2 bridgehead atoms. The van der Waals surface area contributed by atoms with Crippen LogP contribution in [-0.2, 0) is 0 Å². The summed E-state index contributed by atoms with van der Waals surface area (Å²) in [5, 5.41) is 4.81. The number of rotatable bonds is 3. The van der Waals surface area contributed by atoms with E-state index in [-0.39, 0.29) is 5.78 Å². The lowest BCUT2D eigenvalue weighted by Gasteiger charge is -2.32. The highest BCUT2D eigenvalue weighted by molar-refractivity contribution is 5.99. The van der Waals surface area contributed by atoms with Crippen molar-refractivity contribution in [1.29, 1.82) is 0 Å². The van der Waals surface area contributed by atoms with E-state index >= 15 is 0 Å². The number of hydrogen-bond acceptors (Lipinski definition) is 5. The Bertz CT molecular complexity index is 994. The number of hydrogen-bond donors (Lipinski definition) is 0. The maximum atomic E-state index is 12.4. The van der Waals surface area contributed by atoms with E-state index in [0.717, 1.165) is 24.5 Å².